The zero-order valence-corrected chi connectivity index (χ0v) is 14.3. The van der Waals surface area contributed by atoms with Crippen molar-refractivity contribution in [3.05, 3.63) is 58.8 Å². The summed E-state index contributed by atoms with van der Waals surface area (Å²) < 4.78 is 18.8. The molecule has 1 aromatic carbocycles. The molecule has 3 rings (SSSR count). The molecule has 0 spiro atoms. The van der Waals surface area contributed by atoms with Gasteiger partial charge in [0.1, 0.15) is 17.3 Å². The lowest BCUT2D eigenvalue weighted by molar-refractivity contribution is -0.131. The fourth-order valence-electron chi connectivity index (χ4n) is 3.33. The quantitative estimate of drug-likeness (QED) is 0.927. The van der Waals surface area contributed by atoms with Gasteiger partial charge in [0.2, 0.25) is 5.91 Å². The smallest absolute Gasteiger partial charge is 0.255 e. The molecule has 1 aliphatic rings. The van der Waals surface area contributed by atoms with Crippen LogP contribution in [0.25, 0.3) is 0 Å². The monoisotopic (exact) mass is 344 g/mol. The molecule has 1 fully saturated rings. The van der Waals surface area contributed by atoms with E-state index in [0.717, 1.165) is 18.4 Å². The Kier molecular flexibility index (Phi) is 4.88. The Labute approximate surface area is 145 Å². The minimum absolute atomic E-state index is 0.0890. The van der Waals surface area contributed by atoms with Gasteiger partial charge < -0.3 is 14.6 Å². The summed E-state index contributed by atoms with van der Waals surface area (Å²) in [7, 11) is 0. The largest absolute Gasteiger partial charge is 0.466 e. The van der Waals surface area contributed by atoms with Gasteiger partial charge in [0, 0.05) is 6.54 Å². The van der Waals surface area contributed by atoms with Crippen molar-refractivity contribution < 1.29 is 18.4 Å². The van der Waals surface area contributed by atoms with E-state index in [4.69, 9.17) is 4.42 Å². The summed E-state index contributed by atoms with van der Waals surface area (Å²) in [6.07, 6.45) is 1.66. The number of hydrogen-bond donors (Lipinski definition) is 1. The highest BCUT2D eigenvalue weighted by Gasteiger charge is 2.30. The number of benzene rings is 1. The summed E-state index contributed by atoms with van der Waals surface area (Å²) in [5.74, 6) is 0.374. The lowest BCUT2D eigenvalue weighted by Gasteiger charge is -2.25. The highest BCUT2D eigenvalue weighted by Crippen LogP contribution is 2.32. The number of likely N-dealkylation sites (tertiary alicyclic amines) is 1. The Morgan fingerprint density at radius 1 is 1.32 bits per heavy atom. The molecular formula is C19H21FN2O3. The van der Waals surface area contributed by atoms with E-state index in [2.05, 4.69) is 5.32 Å². The summed E-state index contributed by atoms with van der Waals surface area (Å²) in [6.45, 7) is 4.00. The van der Waals surface area contributed by atoms with Crippen LogP contribution in [0.3, 0.4) is 0 Å². The van der Waals surface area contributed by atoms with E-state index >= 15 is 0 Å². The van der Waals surface area contributed by atoms with Crippen molar-refractivity contribution in [3.63, 3.8) is 0 Å². The summed E-state index contributed by atoms with van der Waals surface area (Å²) in [5, 5.41) is 2.65. The van der Waals surface area contributed by atoms with Crippen LogP contribution >= 0.6 is 0 Å². The summed E-state index contributed by atoms with van der Waals surface area (Å²) >= 11 is 0. The standard InChI is InChI=1S/C19H21FN2O3/c1-12-9-16(13(2)25-12)19(24)21-11-18(23)22-8-4-7-17(22)14-5-3-6-15(20)10-14/h3,5-6,9-10,17H,4,7-8,11H2,1-2H3,(H,21,24). The third-order valence-corrected chi connectivity index (χ3v) is 4.49. The molecule has 6 heteroatoms. The molecule has 1 N–H and O–H groups in total. The SMILES string of the molecule is Cc1cc(C(=O)NCC(=O)N2CCCC2c2cccc(F)c2)c(C)o1. The molecule has 2 aromatic rings. The first-order valence-corrected chi connectivity index (χ1v) is 8.36. The van der Waals surface area contributed by atoms with Crippen LogP contribution in [-0.2, 0) is 4.79 Å². The van der Waals surface area contributed by atoms with Crippen LogP contribution in [0.2, 0.25) is 0 Å². The van der Waals surface area contributed by atoms with Crippen LogP contribution in [0.5, 0.6) is 0 Å². The Balaban J connectivity index is 1.64. The minimum atomic E-state index is -0.329. The molecule has 1 saturated heterocycles. The number of carbonyl (C=O) groups excluding carboxylic acids is 2. The Hall–Kier alpha value is -2.63. The maximum absolute atomic E-state index is 13.5. The van der Waals surface area contributed by atoms with Crippen LogP contribution < -0.4 is 5.32 Å². The molecular weight excluding hydrogens is 323 g/mol. The first-order chi connectivity index (χ1) is 12.0. The van der Waals surface area contributed by atoms with Crippen LogP contribution in [0, 0.1) is 19.7 Å². The summed E-state index contributed by atoms with van der Waals surface area (Å²) in [4.78, 5) is 26.4. The summed E-state index contributed by atoms with van der Waals surface area (Å²) in [6, 6.07) is 7.85. The number of furan rings is 1. The zero-order valence-electron chi connectivity index (χ0n) is 14.3. The number of carbonyl (C=O) groups is 2. The summed E-state index contributed by atoms with van der Waals surface area (Å²) in [5.41, 5.74) is 1.23. The van der Waals surface area contributed by atoms with Gasteiger partial charge >= 0.3 is 0 Å². The first kappa shape index (κ1) is 17.2. The van der Waals surface area contributed by atoms with Gasteiger partial charge in [-0.25, -0.2) is 4.39 Å². The second-order valence-corrected chi connectivity index (χ2v) is 6.31. The maximum Gasteiger partial charge on any atom is 0.255 e. The third-order valence-electron chi connectivity index (χ3n) is 4.49. The van der Waals surface area contributed by atoms with Gasteiger partial charge in [0.25, 0.3) is 5.91 Å². The van der Waals surface area contributed by atoms with E-state index < -0.39 is 0 Å². The van der Waals surface area contributed by atoms with Crippen molar-refractivity contribution in [2.45, 2.75) is 32.7 Å². The van der Waals surface area contributed by atoms with E-state index in [9.17, 15) is 14.0 Å². The van der Waals surface area contributed by atoms with Gasteiger partial charge in [-0.1, -0.05) is 12.1 Å². The first-order valence-electron chi connectivity index (χ1n) is 8.36. The van der Waals surface area contributed by atoms with Gasteiger partial charge in [-0.3, -0.25) is 9.59 Å². The van der Waals surface area contributed by atoms with E-state index in [-0.39, 0.29) is 30.2 Å². The normalized spacial score (nSPS) is 16.9. The van der Waals surface area contributed by atoms with Gasteiger partial charge in [-0.2, -0.15) is 0 Å². The second-order valence-electron chi connectivity index (χ2n) is 6.31. The molecule has 5 nitrogen and oxygen atoms in total. The van der Waals surface area contributed by atoms with Gasteiger partial charge in [0.15, 0.2) is 0 Å². The predicted octanol–water partition coefficient (Wildman–Crippen LogP) is 3.13. The molecule has 1 aromatic heterocycles. The number of rotatable bonds is 4. The van der Waals surface area contributed by atoms with Gasteiger partial charge in [0.05, 0.1) is 18.2 Å². The molecule has 25 heavy (non-hydrogen) atoms. The van der Waals surface area contributed by atoms with Gasteiger partial charge in [-0.05, 0) is 50.5 Å². The maximum atomic E-state index is 13.5. The molecule has 132 valence electrons. The van der Waals surface area contributed by atoms with E-state index in [1.807, 2.05) is 6.07 Å². The lowest BCUT2D eigenvalue weighted by atomic mass is 10.0. The molecule has 1 atom stereocenters. The van der Waals surface area contributed by atoms with E-state index in [0.29, 0.717) is 23.6 Å². The highest BCUT2D eigenvalue weighted by molar-refractivity contribution is 5.97. The molecule has 2 amide bonds. The molecule has 1 unspecified atom stereocenters. The van der Waals surface area contributed by atoms with E-state index in [1.54, 1.807) is 30.9 Å². The molecule has 2 heterocycles. The third kappa shape index (κ3) is 3.73. The average molecular weight is 344 g/mol. The predicted molar refractivity (Wildman–Crippen MR) is 90.6 cm³/mol. The zero-order chi connectivity index (χ0) is 18.0. The Bertz CT molecular complexity index is 800. The van der Waals surface area contributed by atoms with Crippen molar-refractivity contribution in [3.8, 4) is 0 Å². The minimum Gasteiger partial charge on any atom is -0.466 e. The topological polar surface area (TPSA) is 62.6 Å². The molecule has 0 saturated carbocycles. The van der Waals surface area contributed by atoms with Crippen molar-refractivity contribution in [1.29, 1.82) is 0 Å². The molecule has 0 radical (unpaired) electrons. The Morgan fingerprint density at radius 3 is 2.80 bits per heavy atom. The number of aryl methyl sites for hydroxylation is 2. The van der Waals surface area contributed by atoms with Crippen molar-refractivity contribution in [2.75, 3.05) is 13.1 Å². The number of nitrogens with zero attached hydrogens (tertiary/aromatic N) is 1. The number of halogens is 1. The van der Waals surface area contributed by atoms with Crippen molar-refractivity contribution in [2.24, 2.45) is 0 Å². The Morgan fingerprint density at radius 2 is 2.12 bits per heavy atom. The molecule has 0 aliphatic carbocycles. The fourth-order valence-corrected chi connectivity index (χ4v) is 3.33. The highest BCUT2D eigenvalue weighted by atomic mass is 19.1. The second kappa shape index (κ2) is 7.09. The van der Waals surface area contributed by atoms with Crippen molar-refractivity contribution in [1.82, 2.24) is 10.2 Å². The molecule has 1 aliphatic heterocycles. The van der Waals surface area contributed by atoms with Crippen molar-refractivity contribution >= 4 is 11.8 Å². The lowest BCUT2D eigenvalue weighted by Crippen LogP contribution is -2.39. The average Bonchev–Trinajstić information content (AvgIpc) is 3.18. The molecule has 0 bridgehead atoms. The van der Waals surface area contributed by atoms with E-state index in [1.165, 1.54) is 12.1 Å². The number of nitrogens with one attached hydrogen (secondary N) is 1. The van der Waals surface area contributed by atoms with Crippen LogP contribution in [0.15, 0.2) is 34.7 Å². The number of amides is 2. The van der Waals surface area contributed by atoms with Crippen LogP contribution in [-0.4, -0.2) is 29.8 Å². The van der Waals surface area contributed by atoms with Crippen LogP contribution in [0.1, 0.15) is 46.3 Å². The van der Waals surface area contributed by atoms with Gasteiger partial charge in [-0.15, -0.1) is 0 Å². The fraction of sp³-hybridized carbons (Fsp3) is 0.368. The number of hydrogen-bond acceptors (Lipinski definition) is 3. The van der Waals surface area contributed by atoms with Crippen LogP contribution in [0.4, 0.5) is 4.39 Å².